The summed E-state index contributed by atoms with van der Waals surface area (Å²) >= 11 is 5.78. The second-order valence-corrected chi connectivity index (χ2v) is 4.86. The summed E-state index contributed by atoms with van der Waals surface area (Å²) in [4.78, 5) is 11.8. The largest absolute Gasteiger partial charge is 0.387 e. The van der Waals surface area contributed by atoms with Crippen molar-refractivity contribution in [3.05, 3.63) is 46.6 Å². The average Bonchev–Trinajstić information content (AvgIpc) is 3.23. The Hall–Kier alpha value is -1.99. The van der Waals surface area contributed by atoms with E-state index < -0.39 is 0 Å². The van der Waals surface area contributed by atoms with Crippen LogP contribution in [0.3, 0.4) is 0 Å². The van der Waals surface area contributed by atoms with Crippen molar-refractivity contribution in [1.29, 1.82) is 5.26 Å². The summed E-state index contributed by atoms with van der Waals surface area (Å²) in [6, 6.07) is 9.51. The van der Waals surface area contributed by atoms with E-state index in [-0.39, 0.29) is 11.5 Å². The van der Waals surface area contributed by atoms with Crippen molar-refractivity contribution in [3.63, 3.8) is 0 Å². The summed E-state index contributed by atoms with van der Waals surface area (Å²) in [6.07, 6.45) is 3.69. The summed E-state index contributed by atoms with van der Waals surface area (Å²) in [7, 11) is 0. The Bertz CT molecular complexity index is 527. The van der Waals surface area contributed by atoms with Gasteiger partial charge in [0.15, 0.2) is 0 Å². The van der Waals surface area contributed by atoms with Gasteiger partial charge in [-0.15, -0.1) is 0 Å². The van der Waals surface area contributed by atoms with E-state index >= 15 is 0 Å². The summed E-state index contributed by atoms with van der Waals surface area (Å²) < 4.78 is 0. The van der Waals surface area contributed by atoms with Crippen LogP contribution in [0.4, 0.5) is 0 Å². The highest BCUT2D eigenvalue weighted by molar-refractivity contribution is 6.30. The van der Waals surface area contributed by atoms with Gasteiger partial charge in [-0.1, -0.05) is 23.7 Å². The zero-order valence-corrected chi connectivity index (χ0v) is 11.1. The van der Waals surface area contributed by atoms with Crippen molar-refractivity contribution >= 4 is 17.5 Å². The summed E-state index contributed by atoms with van der Waals surface area (Å²) in [5.41, 5.74) is 1.03. The molecule has 5 heteroatoms. The molecule has 0 bridgehead atoms. The highest BCUT2D eigenvalue weighted by atomic mass is 35.5. The second-order valence-electron chi connectivity index (χ2n) is 4.42. The summed E-state index contributed by atoms with van der Waals surface area (Å²) in [5.74, 6) is -0.370. The Labute approximate surface area is 117 Å². The number of rotatable bonds is 5. The fraction of sp³-hybridized carbons (Fsp3) is 0.286. The van der Waals surface area contributed by atoms with Crippen LogP contribution in [-0.4, -0.2) is 11.9 Å². The minimum Gasteiger partial charge on any atom is -0.387 e. The first-order chi connectivity index (χ1) is 9.19. The predicted octanol–water partition coefficient (Wildman–Crippen LogP) is 2.12. The minimum atomic E-state index is -0.370. The number of benzene rings is 1. The number of carbonyl (C=O) groups excluding carboxylic acids is 1. The zero-order chi connectivity index (χ0) is 13.7. The molecule has 1 aliphatic rings. The van der Waals surface area contributed by atoms with Crippen molar-refractivity contribution in [2.45, 2.75) is 25.4 Å². The predicted molar refractivity (Wildman–Crippen MR) is 73.2 cm³/mol. The van der Waals surface area contributed by atoms with Crippen LogP contribution >= 0.6 is 11.6 Å². The molecule has 0 spiro atoms. The Morgan fingerprint density at radius 1 is 1.42 bits per heavy atom. The third kappa shape index (κ3) is 4.31. The third-order valence-corrected chi connectivity index (χ3v) is 3.02. The molecule has 4 nitrogen and oxygen atoms in total. The van der Waals surface area contributed by atoms with Crippen LogP contribution in [-0.2, 0) is 11.3 Å². The Morgan fingerprint density at radius 3 is 2.68 bits per heavy atom. The lowest BCUT2D eigenvalue weighted by Crippen LogP contribution is -2.25. The van der Waals surface area contributed by atoms with E-state index in [9.17, 15) is 4.79 Å². The van der Waals surface area contributed by atoms with E-state index in [1.165, 1.54) is 6.20 Å². The lowest BCUT2D eigenvalue weighted by molar-refractivity contribution is -0.117. The van der Waals surface area contributed by atoms with Gasteiger partial charge in [-0.25, -0.2) is 0 Å². The van der Waals surface area contributed by atoms with Crippen molar-refractivity contribution in [1.82, 2.24) is 10.6 Å². The molecule has 2 N–H and O–H groups in total. The third-order valence-electron chi connectivity index (χ3n) is 2.77. The van der Waals surface area contributed by atoms with E-state index in [0.29, 0.717) is 17.6 Å². The van der Waals surface area contributed by atoms with Gasteiger partial charge in [-0.2, -0.15) is 5.26 Å². The molecule has 98 valence electrons. The van der Waals surface area contributed by atoms with Crippen molar-refractivity contribution in [2.75, 3.05) is 0 Å². The fourth-order valence-electron chi connectivity index (χ4n) is 1.48. The highest BCUT2D eigenvalue weighted by Crippen LogP contribution is 2.18. The molecule has 0 radical (unpaired) electrons. The van der Waals surface area contributed by atoms with E-state index in [1.807, 2.05) is 18.2 Å². The van der Waals surface area contributed by atoms with Gasteiger partial charge < -0.3 is 10.6 Å². The maximum absolute atomic E-state index is 11.8. The van der Waals surface area contributed by atoms with E-state index in [0.717, 1.165) is 18.4 Å². The molecule has 0 unspecified atom stereocenters. The number of hydrogen-bond acceptors (Lipinski definition) is 3. The van der Waals surface area contributed by atoms with Crippen LogP contribution < -0.4 is 10.6 Å². The van der Waals surface area contributed by atoms with E-state index in [2.05, 4.69) is 10.6 Å². The lowest BCUT2D eigenvalue weighted by atomic mass is 10.2. The molecule has 0 atom stereocenters. The van der Waals surface area contributed by atoms with E-state index in [4.69, 9.17) is 16.9 Å². The van der Waals surface area contributed by atoms with Gasteiger partial charge in [0.1, 0.15) is 11.6 Å². The molecule has 1 aromatic rings. The molecule has 19 heavy (non-hydrogen) atoms. The van der Waals surface area contributed by atoms with Crippen LogP contribution in [0.2, 0.25) is 5.02 Å². The van der Waals surface area contributed by atoms with Crippen LogP contribution in [0.1, 0.15) is 18.4 Å². The minimum absolute atomic E-state index is 0.0980. The maximum Gasteiger partial charge on any atom is 0.263 e. The molecule has 1 aliphatic carbocycles. The fourth-order valence-corrected chi connectivity index (χ4v) is 1.61. The first-order valence-corrected chi connectivity index (χ1v) is 6.46. The molecule has 2 rings (SSSR count). The number of hydrogen-bond donors (Lipinski definition) is 2. The molecular formula is C14H14ClN3O. The molecule has 0 heterocycles. The molecule has 0 aromatic heterocycles. The van der Waals surface area contributed by atoms with E-state index in [1.54, 1.807) is 12.1 Å². The molecule has 0 aliphatic heterocycles. The molecule has 0 saturated heterocycles. The topological polar surface area (TPSA) is 64.9 Å². The molecule has 1 saturated carbocycles. The smallest absolute Gasteiger partial charge is 0.263 e. The van der Waals surface area contributed by atoms with Crippen LogP contribution in [0.15, 0.2) is 36.0 Å². The van der Waals surface area contributed by atoms with Gasteiger partial charge >= 0.3 is 0 Å². The van der Waals surface area contributed by atoms with Crippen LogP contribution in [0, 0.1) is 11.3 Å². The Balaban J connectivity index is 1.86. The van der Waals surface area contributed by atoms with Gasteiger partial charge in [0.2, 0.25) is 0 Å². The summed E-state index contributed by atoms with van der Waals surface area (Å²) in [6.45, 7) is 0.373. The number of amides is 1. The Morgan fingerprint density at radius 2 is 2.11 bits per heavy atom. The SMILES string of the molecule is N#C/C(=C/NC1CC1)C(=O)NCc1ccc(Cl)cc1. The standard InChI is InChI=1S/C14H14ClN3O/c15-12-3-1-10(2-4-12)8-18-14(19)11(7-16)9-17-13-5-6-13/h1-4,9,13,17H,5-6,8H2,(H,18,19)/b11-9-. The van der Waals surface area contributed by atoms with Gasteiger partial charge in [-0.05, 0) is 30.5 Å². The number of halogens is 1. The number of nitriles is 1. The quantitative estimate of drug-likeness (QED) is 0.639. The average molecular weight is 276 g/mol. The van der Waals surface area contributed by atoms with Crippen LogP contribution in [0.25, 0.3) is 0 Å². The highest BCUT2D eigenvalue weighted by Gasteiger charge is 2.20. The Kier molecular flexibility index (Phi) is 4.43. The van der Waals surface area contributed by atoms with Gasteiger partial charge in [0.25, 0.3) is 5.91 Å². The number of nitrogens with zero attached hydrogens (tertiary/aromatic N) is 1. The van der Waals surface area contributed by atoms with Gasteiger partial charge in [-0.3, -0.25) is 4.79 Å². The molecular weight excluding hydrogens is 262 g/mol. The normalized spacial score (nSPS) is 14.6. The van der Waals surface area contributed by atoms with Gasteiger partial charge in [0.05, 0.1) is 0 Å². The zero-order valence-electron chi connectivity index (χ0n) is 10.3. The summed E-state index contributed by atoms with van der Waals surface area (Å²) in [5, 5.41) is 15.3. The molecule has 1 aromatic carbocycles. The van der Waals surface area contributed by atoms with Crippen molar-refractivity contribution < 1.29 is 4.79 Å². The first-order valence-electron chi connectivity index (χ1n) is 6.08. The van der Waals surface area contributed by atoms with Gasteiger partial charge in [0, 0.05) is 23.8 Å². The maximum atomic E-state index is 11.8. The number of carbonyl (C=O) groups is 1. The monoisotopic (exact) mass is 275 g/mol. The molecule has 1 amide bonds. The lowest BCUT2D eigenvalue weighted by Gasteiger charge is -2.05. The van der Waals surface area contributed by atoms with Crippen molar-refractivity contribution in [2.24, 2.45) is 0 Å². The first kappa shape index (κ1) is 13.4. The second kappa shape index (κ2) is 6.26. The molecule has 1 fully saturated rings. The van der Waals surface area contributed by atoms with Crippen molar-refractivity contribution in [3.8, 4) is 6.07 Å². The number of nitrogens with one attached hydrogen (secondary N) is 2. The van der Waals surface area contributed by atoms with Crippen LogP contribution in [0.5, 0.6) is 0 Å².